The van der Waals surface area contributed by atoms with Gasteiger partial charge in [-0.1, -0.05) is 26.3 Å². The zero-order chi connectivity index (χ0) is 19.9. The zero-order valence-corrected chi connectivity index (χ0v) is 17.3. The number of hydrogen-bond acceptors (Lipinski definition) is 5. The van der Waals surface area contributed by atoms with Crippen molar-refractivity contribution >= 4 is 23.2 Å². The van der Waals surface area contributed by atoms with Gasteiger partial charge in [0, 0.05) is 6.54 Å². The lowest BCUT2D eigenvalue weighted by molar-refractivity contribution is -0.124. The average molecular weight is 404 g/mol. The van der Waals surface area contributed by atoms with Crippen LogP contribution in [0, 0.1) is 5.92 Å². The number of nitrogens with zero attached hydrogens (tertiary/aromatic N) is 1. The molecule has 2 aromatic heterocycles. The molecule has 152 valence electrons. The predicted molar refractivity (Wildman–Crippen MR) is 110 cm³/mol. The van der Waals surface area contributed by atoms with E-state index in [9.17, 15) is 9.59 Å². The molecule has 1 fully saturated rings. The van der Waals surface area contributed by atoms with E-state index in [0.717, 1.165) is 31.7 Å². The summed E-state index contributed by atoms with van der Waals surface area (Å²) in [5, 5.41) is 7.78. The predicted octanol–water partition coefficient (Wildman–Crippen LogP) is 3.44. The van der Waals surface area contributed by atoms with Crippen LogP contribution in [0.3, 0.4) is 0 Å². The fraction of sp³-hybridized carbons (Fsp3) is 0.524. The number of hydrogen-bond donors (Lipinski definition) is 2. The van der Waals surface area contributed by atoms with Crippen molar-refractivity contribution in [1.82, 2.24) is 15.5 Å². The lowest BCUT2D eigenvalue weighted by Crippen LogP contribution is -2.51. The highest BCUT2D eigenvalue weighted by molar-refractivity contribution is 7.12. The van der Waals surface area contributed by atoms with Crippen LogP contribution in [0.1, 0.15) is 54.6 Å². The molecule has 1 saturated heterocycles. The lowest BCUT2D eigenvalue weighted by Gasteiger charge is -2.34. The van der Waals surface area contributed by atoms with Crippen LogP contribution < -0.4 is 10.6 Å². The normalized spacial score (nSPS) is 17.2. The Kier molecular flexibility index (Phi) is 7.28. The van der Waals surface area contributed by atoms with Crippen LogP contribution in [-0.2, 0) is 4.79 Å². The van der Waals surface area contributed by atoms with Gasteiger partial charge >= 0.3 is 0 Å². The molecule has 0 saturated carbocycles. The van der Waals surface area contributed by atoms with E-state index in [1.807, 2.05) is 37.4 Å². The quantitative estimate of drug-likeness (QED) is 0.708. The Hall–Kier alpha value is -2.12. The number of likely N-dealkylation sites (tertiary alicyclic amines) is 1. The van der Waals surface area contributed by atoms with E-state index in [1.165, 1.54) is 17.8 Å². The summed E-state index contributed by atoms with van der Waals surface area (Å²) in [6.45, 7) is 6.35. The molecule has 2 N–H and O–H groups in total. The molecule has 0 bridgehead atoms. The van der Waals surface area contributed by atoms with Crippen molar-refractivity contribution in [2.24, 2.45) is 5.92 Å². The van der Waals surface area contributed by atoms with Gasteiger partial charge < -0.3 is 15.1 Å². The Morgan fingerprint density at radius 1 is 1.18 bits per heavy atom. The van der Waals surface area contributed by atoms with Gasteiger partial charge in [-0.2, -0.15) is 0 Å². The first-order valence-corrected chi connectivity index (χ1v) is 10.8. The summed E-state index contributed by atoms with van der Waals surface area (Å²) in [4.78, 5) is 28.3. The topological polar surface area (TPSA) is 74.6 Å². The van der Waals surface area contributed by atoms with Gasteiger partial charge in [0.1, 0.15) is 11.8 Å². The molecule has 7 heteroatoms. The molecule has 2 amide bonds. The minimum Gasteiger partial charge on any atom is -0.468 e. The second-order valence-electron chi connectivity index (χ2n) is 7.55. The van der Waals surface area contributed by atoms with Crippen molar-refractivity contribution in [3.63, 3.8) is 0 Å². The minimum absolute atomic E-state index is 0.0130. The van der Waals surface area contributed by atoms with E-state index in [-0.39, 0.29) is 23.8 Å². The third-order valence-electron chi connectivity index (χ3n) is 5.15. The third kappa shape index (κ3) is 5.23. The van der Waals surface area contributed by atoms with E-state index in [4.69, 9.17) is 4.42 Å². The van der Waals surface area contributed by atoms with Gasteiger partial charge in [-0.15, -0.1) is 11.3 Å². The summed E-state index contributed by atoms with van der Waals surface area (Å²) in [7, 11) is 0. The van der Waals surface area contributed by atoms with Crippen molar-refractivity contribution in [1.29, 1.82) is 0 Å². The Morgan fingerprint density at radius 3 is 2.57 bits per heavy atom. The molecular weight excluding hydrogens is 374 g/mol. The first-order valence-electron chi connectivity index (χ1n) is 9.96. The van der Waals surface area contributed by atoms with Crippen LogP contribution in [0.2, 0.25) is 0 Å². The number of thiophene rings is 1. The molecule has 2 atom stereocenters. The van der Waals surface area contributed by atoms with Gasteiger partial charge in [0.15, 0.2) is 0 Å². The molecule has 2 aromatic rings. The van der Waals surface area contributed by atoms with E-state index in [0.29, 0.717) is 11.4 Å². The van der Waals surface area contributed by atoms with Crippen molar-refractivity contribution in [2.75, 3.05) is 19.6 Å². The Balaban J connectivity index is 1.63. The maximum absolute atomic E-state index is 12.9. The van der Waals surface area contributed by atoms with Crippen molar-refractivity contribution in [3.05, 3.63) is 46.5 Å². The van der Waals surface area contributed by atoms with Crippen LogP contribution >= 0.6 is 11.3 Å². The monoisotopic (exact) mass is 403 g/mol. The number of carbonyl (C=O) groups is 2. The maximum atomic E-state index is 12.9. The number of amides is 2. The first kappa shape index (κ1) is 20.6. The van der Waals surface area contributed by atoms with E-state index < -0.39 is 6.04 Å². The van der Waals surface area contributed by atoms with E-state index in [2.05, 4.69) is 15.5 Å². The summed E-state index contributed by atoms with van der Waals surface area (Å²) in [6, 6.07) is 6.87. The molecule has 0 aromatic carbocycles. The minimum atomic E-state index is -0.576. The largest absolute Gasteiger partial charge is 0.468 e. The number of rotatable bonds is 8. The van der Waals surface area contributed by atoms with E-state index >= 15 is 0 Å². The molecule has 28 heavy (non-hydrogen) atoms. The highest BCUT2D eigenvalue weighted by Gasteiger charge is 2.28. The Labute approximate surface area is 170 Å². The summed E-state index contributed by atoms with van der Waals surface area (Å²) < 4.78 is 5.64. The van der Waals surface area contributed by atoms with E-state index in [1.54, 1.807) is 12.3 Å². The van der Waals surface area contributed by atoms with Gasteiger partial charge in [0.2, 0.25) is 5.91 Å². The molecule has 1 aliphatic rings. The molecule has 0 radical (unpaired) electrons. The maximum Gasteiger partial charge on any atom is 0.262 e. The van der Waals surface area contributed by atoms with Crippen LogP contribution in [0.4, 0.5) is 0 Å². The number of piperidine rings is 1. The molecule has 0 spiro atoms. The molecular formula is C21H29N3O3S. The van der Waals surface area contributed by atoms with Gasteiger partial charge in [-0.25, -0.2) is 0 Å². The van der Waals surface area contributed by atoms with Crippen molar-refractivity contribution in [2.45, 2.75) is 45.2 Å². The third-order valence-corrected chi connectivity index (χ3v) is 6.02. The van der Waals surface area contributed by atoms with Gasteiger partial charge in [0.05, 0.1) is 17.2 Å². The fourth-order valence-corrected chi connectivity index (χ4v) is 4.21. The standard InChI is InChI=1S/C21H29N3O3S/c1-15(2)19(23-20(25)18-9-7-13-28-18)21(26)22-14-16(17-8-6-12-27-17)24-10-4-3-5-11-24/h6-9,12-13,15-16,19H,3-5,10-11,14H2,1-2H3,(H,22,26)(H,23,25). The SMILES string of the molecule is CC(C)C(NC(=O)c1cccs1)C(=O)NCC(c1ccco1)N1CCCCC1. The lowest BCUT2D eigenvalue weighted by atomic mass is 10.0. The summed E-state index contributed by atoms with van der Waals surface area (Å²) in [5.74, 6) is 0.489. The van der Waals surface area contributed by atoms with Gasteiger partial charge in [0.25, 0.3) is 5.91 Å². The molecule has 1 aliphatic heterocycles. The van der Waals surface area contributed by atoms with Crippen LogP contribution in [0.5, 0.6) is 0 Å². The van der Waals surface area contributed by atoms with Crippen molar-refractivity contribution in [3.8, 4) is 0 Å². The number of furan rings is 1. The molecule has 3 heterocycles. The van der Waals surface area contributed by atoms with Gasteiger partial charge in [-0.3, -0.25) is 14.5 Å². The fourth-order valence-electron chi connectivity index (χ4n) is 3.58. The van der Waals surface area contributed by atoms with Gasteiger partial charge in [-0.05, 0) is 55.4 Å². The number of carbonyl (C=O) groups excluding carboxylic acids is 2. The second kappa shape index (κ2) is 9.89. The van der Waals surface area contributed by atoms with Crippen LogP contribution in [0.15, 0.2) is 40.3 Å². The number of nitrogens with one attached hydrogen (secondary N) is 2. The summed E-state index contributed by atoms with van der Waals surface area (Å²) >= 11 is 1.37. The molecule has 2 unspecified atom stereocenters. The summed E-state index contributed by atoms with van der Waals surface area (Å²) in [5.41, 5.74) is 0. The van der Waals surface area contributed by atoms with Crippen LogP contribution in [0.25, 0.3) is 0 Å². The highest BCUT2D eigenvalue weighted by Crippen LogP contribution is 2.24. The average Bonchev–Trinajstić information content (AvgIpc) is 3.40. The van der Waals surface area contributed by atoms with Crippen LogP contribution in [-0.4, -0.2) is 42.4 Å². The summed E-state index contributed by atoms with van der Waals surface area (Å²) in [6.07, 6.45) is 5.25. The smallest absolute Gasteiger partial charge is 0.262 e. The second-order valence-corrected chi connectivity index (χ2v) is 8.49. The molecule has 0 aliphatic carbocycles. The highest BCUT2D eigenvalue weighted by atomic mass is 32.1. The first-order chi connectivity index (χ1) is 13.6. The molecule has 6 nitrogen and oxygen atoms in total. The molecule has 3 rings (SSSR count). The Morgan fingerprint density at radius 2 is 1.96 bits per heavy atom. The van der Waals surface area contributed by atoms with Crippen molar-refractivity contribution < 1.29 is 14.0 Å². The zero-order valence-electron chi connectivity index (χ0n) is 16.5. The Bertz CT molecular complexity index is 737.